The highest BCUT2D eigenvalue weighted by atomic mass is 16.5. The Labute approximate surface area is 361 Å². The number of ether oxygens (including phenoxy) is 1. The number of rotatable bonds is 48. The van der Waals surface area contributed by atoms with Gasteiger partial charge in [0.1, 0.15) is 0 Å². The molecule has 6 heteroatoms. The summed E-state index contributed by atoms with van der Waals surface area (Å²) in [5.41, 5.74) is 0. The highest BCUT2D eigenvalue weighted by Crippen LogP contribution is 2.17. The van der Waals surface area contributed by atoms with Crippen LogP contribution < -0.4 is 5.32 Å². The molecule has 0 heterocycles. The molecular formula is C52H101NO5. The van der Waals surface area contributed by atoms with E-state index in [1.54, 1.807) is 0 Å². The number of hydrogen-bond acceptors (Lipinski definition) is 5. The van der Waals surface area contributed by atoms with Gasteiger partial charge in [0.15, 0.2) is 0 Å². The molecule has 0 aliphatic rings. The molecule has 0 aliphatic heterocycles. The summed E-state index contributed by atoms with van der Waals surface area (Å²) in [6, 6.07) is -0.546. The molecule has 344 valence electrons. The molecule has 0 fully saturated rings. The van der Waals surface area contributed by atoms with Crippen LogP contribution in [-0.4, -0.2) is 47.4 Å². The van der Waals surface area contributed by atoms with Gasteiger partial charge in [-0.25, -0.2) is 0 Å². The minimum atomic E-state index is -0.668. The van der Waals surface area contributed by atoms with E-state index in [0.717, 1.165) is 51.4 Å². The number of hydrogen-bond donors (Lipinski definition) is 3. The van der Waals surface area contributed by atoms with E-state index in [4.69, 9.17) is 4.74 Å². The Bertz CT molecular complexity index is 863. The van der Waals surface area contributed by atoms with Crippen molar-refractivity contribution in [3.63, 3.8) is 0 Å². The van der Waals surface area contributed by atoms with Gasteiger partial charge in [0.05, 0.1) is 25.4 Å². The van der Waals surface area contributed by atoms with Gasteiger partial charge < -0.3 is 20.3 Å². The van der Waals surface area contributed by atoms with E-state index in [1.807, 2.05) is 0 Å². The van der Waals surface area contributed by atoms with E-state index in [1.165, 1.54) is 199 Å². The lowest BCUT2D eigenvalue weighted by atomic mass is 10.0. The molecule has 0 saturated heterocycles. The molecule has 58 heavy (non-hydrogen) atoms. The van der Waals surface area contributed by atoms with Gasteiger partial charge in [0.25, 0.3) is 0 Å². The Balaban J connectivity index is 3.44. The molecule has 0 saturated carbocycles. The van der Waals surface area contributed by atoms with E-state index < -0.39 is 12.1 Å². The highest BCUT2D eigenvalue weighted by Gasteiger charge is 2.20. The summed E-state index contributed by atoms with van der Waals surface area (Å²) in [7, 11) is 0. The maximum atomic E-state index is 12.4. The summed E-state index contributed by atoms with van der Waals surface area (Å²) in [6.45, 7) is 4.91. The summed E-state index contributed by atoms with van der Waals surface area (Å²) >= 11 is 0. The standard InChI is InChI=1S/C52H101NO5/c1-3-5-7-9-11-13-15-17-21-24-28-32-36-40-44-50(55)49(48-54)53-51(56)45-41-37-33-29-25-22-19-18-20-23-27-31-35-39-43-47-58-52(57)46-42-38-34-30-26-16-14-12-10-8-6-4-2/h12,14,49-50,54-55H,3-11,13,15-48H2,1-2H3,(H,53,56)/b14-12-. The quantitative estimate of drug-likeness (QED) is 0.0323. The number of carbonyl (C=O) groups excluding carboxylic acids is 2. The number of amides is 1. The predicted molar refractivity (Wildman–Crippen MR) is 250 cm³/mol. The second-order valence-electron chi connectivity index (χ2n) is 17.9. The second-order valence-corrected chi connectivity index (χ2v) is 17.9. The van der Waals surface area contributed by atoms with Crippen LogP contribution in [0.2, 0.25) is 0 Å². The van der Waals surface area contributed by atoms with Crippen LogP contribution in [0.5, 0.6) is 0 Å². The fourth-order valence-corrected chi connectivity index (χ4v) is 8.05. The Hall–Kier alpha value is -1.40. The van der Waals surface area contributed by atoms with E-state index in [-0.39, 0.29) is 18.5 Å². The Morgan fingerprint density at radius 1 is 0.466 bits per heavy atom. The summed E-state index contributed by atoms with van der Waals surface area (Å²) in [4.78, 5) is 24.4. The van der Waals surface area contributed by atoms with Gasteiger partial charge in [0.2, 0.25) is 5.91 Å². The molecule has 0 aromatic carbocycles. The summed E-state index contributed by atoms with van der Waals surface area (Å²) in [6.07, 6.45) is 54.6. The fourth-order valence-electron chi connectivity index (χ4n) is 8.05. The van der Waals surface area contributed by atoms with Gasteiger partial charge >= 0.3 is 5.97 Å². The van der Waals surface area contributed by atoms with Gasteiger partial charge in [-0.15, -0.1) is 0 Å². The van der Waals surface area contributed by atoms with Gasteiger partial charge in [0, 0.05) is 12.8 Å². The number of esters is 1. The highest BCUT2D eigenvalue weighted by molar-refractivity contribution is 5.76. The van der Waals surface area contributed by atoms with E-state index in [9.17, 15) is 19.8 Å². The second kappa shape index (κ2) is 48.3. The topological polar surface area (TPSA) is 95.9 Å². The predicted octanol–water partition coefficient (Wildman–Crippen LogP) is 15.3. The first-order valence-corrected chi connectivity index (χ1v) is 25.9. The molecular weight excluding hydrogens is 719 g/mol. The molecule has 0 spiro atoms. The molecule has 2 unspecified atom stereocenters. The minimum Gasteiger partial charge on any atom is -0.466 e. The lowest BCUT2D eigenvalue weighted by Gasteiger charge is -2.22. The van der Waals surface area contributed by atoms with Crippen LogP contribution in [0.4, 0.5) is 0 Å². The molecule has 2 atom stereocenters. The van der Waals surface area contributed by atoms with Gasteiger partial charge in [-0.05, 0) is 51.4 Å². The number of nitrogens with one attached hydrogen (secondary N) is 1. The fraction of sp³-hybridized carbons (Fsp3) is 0.923. The van der Waals surface area contributed by atoms with Crippen LogP contribution in [-0.2, 0) is 14.3 Å². The zero-order valence-electron chi connectivity index (χ0n) is 39.0. The number of unbranched alkanes of at least 4 members (excludes halogenated alkanes) is 35. The monoisotopic (exact) mass is 820 g/mol. The molecule has 0 aromatic heterocycles. The third-order valence-electron chi connectivity index (χ3n) is 12.1. The van der Waals surface area contributed by atoms with Crippen molar-refractivity contribution in [2.24, 2.45) is 0 Å². The van der Waals surface area contributed by atoms with Crippen molar-refractivity contribution in [3.05, 3.63) is 12.2 Å². The van der Waals surface area contributed by atoms with Crippen molar-refractivity contribution in [1.29, 1.82) is 0 Å². The van der Waals surface area contributed by atoms with Crippen molar-refractivity contribution in [1.82, 2.24) is 5.32 Å². The first-order valence-electron chi connectivity index (χ1n) is 25.9. The van der Waals surface area contributed by atoms with Crippen LogP contribution >= 0.6 is 0 Å². The molecule has 0 aliphatic carbocycles. The Kier molecular flexibility index (Phi) is 47.1. The summed E-state index contributed by atoms with van der Waals surface area (Å²) in [5, 5.41) is 23.2. The lowest BCUT2D eigenvalue weighted by Crippen LogP contribution is -2.45. The molecule has 3 N–H and O–H groups in total. The van der Waals surface area contributed by atoms with Crippen LogP contribution in [0.25, 0.3) is 0 Å². The molecule has 0 bridgehead atoms. The van der Waals surface area contributed by atoms with E-state index >= 15 is 0 Å². The zero-order chi connectivity index (χ0) is 42.3. The number of allylic oxidation sites excluding steroid dienone is 2. The Morgan fingerprint density at radius 2 is 0.810 bits per heavy atom. The Morgan fingerprint density at radius 3 is 1.26 bits per heavy atom. The van der Waals surface area contributed by atoms with Crippen molar-refractivity contribution in [2.75, 3.05) is 13.2 Å². The zero-order valence-corrected chi connectivity index (χ0v) is 39.0. The molecule has 0 aromatic rings. The van der Waals surface area contributed by atoms with E-state index in [2.05, 4.69) is 31.3 Å². The molecule has 6 nitrogen and oxygen atoms in total. The average molecular weight is 820 g/mol. The average Bonchev–Trinajstić information content (AvgIpc) is 3.22. The van der Waals surface area contributed by atoms with Crippen molar-refractivity contribution in [2.45, 2.75) is 296 Å². The van der Waals surface area contributed by atoms with Gasteiger partial charge in [-0.3, -0.25) is 9.59 Å². The molecule has 0 radical (unpaired) electrons. The molecule has 1 amide bonds. The number of carbonyl (C=O) groups is 2. The first kappa shape index (κ1) is 56.6. The van der Waals surface area contributed by atoms with Crippen molar-refractivity contribution < 1.29 is 24.5 Å². The van der Waals surface area contributed by atoms with Crippen molar-refractivity contribution in [3.8, 4) is 0 Å². The summed E-state index contributed by atoms with van der Waals surface area (Å²) < 4.78 is 5.45. The number of aliphatic hydroxyl groups is 2. The minimum absolute atomic E-state index is 0.00923. The van der Waals surface area contributed by atoms with Crippen molar-refractivity contribution >= 4 is 11.9 Å². The largest absolute Gasteiger partial charge is 0.466 e. The first-order chi connectivity index (χ1) is 28.5. The number of aliphatic hydroxyl groups excluding tert-OH is 2. The maximum Gasteiger partial charge on any atom is 0.305 e. The van der Waals surface area contributed by atoms with Gasteiger partial charge in [-0.2, -0.15) is 0 Å². The smallest absolute Gasteiger partial charge is 0.305 e. The third kappa shape index (κ3) is 44.2. The summed E-state index contributed by atoms with van der Waals surface area (Å²) in [5.74, 6) is -0.0522. The van der Waals surface area contributed by atoms with Crippen LogP contribution in [0.1, 0.15) is 284 Å². The van der Waals surface area contributed by atoms with Crippen LogP contribution in [0.15, 0.2) is 12.2 Å². The van der Waals surface area contributed by atoms with E-state index in [0.29, 0.717) is 25.9 Å². The SMILES string of the molecule is CCCCC/C=C\CCCCCCCC(=O)OCCCCCCCCCCCCCCCCCC(=O)NC(CO)C(O)CCCCCCCCCCCCCCCC. The normalized spacial score (nSPS) is 12.7. The van der Waals surface area contributed by atoms with Crippen LogP contribution in [0.3, 0.4) is 0 Å². The molecule has 0 rings (SSSR count). The van der Waals surface area contributed by atoms with Gasteiger partial charge in [-0.1, -0.05) is 231 Å². The third-order valence-corrected chi connectivity index (χ3v) is 12.1. The maximum absolute atomic E-state index is 12.4. The lowest BCUT2D eigenvalue weighted by molar-refractivity contribution is -0.143. The van der Waals surface area contributed by atoms with Crippen LogP contribution in [0, 0.1) is 0 Å².